The molecule has 26 heavy (non-hydrogen) atoms. The van der Waals surface area contributed by atoms with Crippen molar-refractivity contribution in [3.63, 3.8) is 0 Å². The summed E-state index contributed by atoms with van der Waals surface area (Å²) in [6.45, 7) is 0. The number of ether oxygens (including phenoxy) is 1. The normalized spacial score (nSPS) is 16.0. The smallest absolute Gasteiger partial charge is 0.262 e. The molecule has 0 spiro atoms. The Labute approximate surface area is 157 Å². The molecule has 130 valence electrons. The number of fused-ring (bicyclic) bond motifs is 1. The van der Waals surface area contributed by atoms with Gasteiger partial charge in [-0.2, -0.15) is 0 Å². The number of nitrogens with one attached hydrogen (secondary N) is 1. The summed E-state index contributed by atoms with van der Waals surface area (Å²) in [5.74, 6) is 0.647. The minimum atomic E-state index is -0.394. The van der Waals surface area contributed by atoms with Crippen molar-refractivity contribution in [2.45, 2.75) is 6.17 Å². The fourth-order valence-corrected chi connectivity index (χ4v) is 3.36. The highest BCUT2D eigenvalue weighted by molar-refractivity contribution is 6.30. The fourth-order valence-electron chi connectivity index (χ4n) is 3.23. The summed E-state index contributed by atoms with van der Waals surface area (Å²) >= 11 is 6.03. The first-order chi connectivity index (χ1) is 12.7. The van der Waals surface area contributed by atoms with Crippen LogP contribution in [-0.2, 0) is 0 Å². The zero-order valence-corrected chi connectivity index (χ0v) is 14.9. The molecule has 0 saturated carbocycles. The maximum absolute atomic E-state index is 13.3. The van der Waals surface area contributed by atoms with E-state index in [-0.39, 0.29) is 5.91 Å². The number of anilines is 2. The van der Waals surface area contributed by atoms with Gasteiger partial charge in [-0.1, -0.05) is 41.9 Å². The number of halogens is 1. The number of hydrogen-bond acceptors (Lipinski definition) is 3. The van der Waals surface area contributed by atoms with Gasteiger partial charge in [0.15, 0.2) is 0 Å². The van der Waals surface area contributed by atoms with Crippen LogP contribution in [0.1, 0.15) is 22.1 Å². The highest BCUT2D eigenvalue weighted by Gasteiger charge is 2.35. The molecule has 1 aliphatic heterocycles. The first kappa shape index (κ1) is 16.5. The van der Waals surface area contributed by atoms with Crippen LogP contribution in [0.3, 0.4) is 0 Å². The molecule has 0 bridgehead atoms. The maximum Gasteiger partial charge on any atom is 0.262 e. The van der Waals surface area contributed by atoms with Crippen molar-refractivity contribution in [1.29, 1.82) is 0 Å². The predicted molar refractivity (Wildman–Crippen MR) is 104 cm³/mol. The van der Waals surface area contributed by atoms with E-state index in [0.717, 1.165) is 22.7 Å². The van der Waals surface area contributed by atoms with Crippen LogP contribution in [0, 0.1) is 0 Å². The average Bonchev–Trinajstić information content (AvgIpc) is 2.69. The first-order valence-electron chi connectivity index (χ1n) is 8.26. The number of carbonyl (C=O) groups excluding carboxylic acids is 1. The standard InChI is InChI=1S/C21H17ClN2O2/c1-26-19-9-5-3-7-17(19)20-23-18-8-4-2-6-16(18)21(25)24(20)15-12-10-14(22)11-13-15/h2-13,20,23H,1H3/t20-/m0/s1. The lowest BCUT2D eigenvalue weighted by molar-refractivity contribution is 0.0974. The summed E-state index contributed by atoms with van der Waals surface area (Å²) in [7, 11) is 1.63. The van der Waals surface area contributed by atoms with Crippen LogP contribution in [0.25, 0.3) is 0 Å². The van der Waals surface area contributed by atoms with Crippen molar-refractivity contribution in [3.8, 4) is 5.75 Å². The highest BCUT2D eigenvalue weighted by atomic mass is 35.5. The van der Waals surface area contributed by atoms with Gasteiger partial charge in [0, 0.05) is 22.0 Å². The minimum Gasteiger partial charge on any atom is -0.496 e. The third-order valence-corrected chi connectivity index (χ3v) is 4.72. The Hall–Kier alpha value is -2.98. The zero-order chi connectivity index (χ0) is 18.1. The Kier molecular flexibility index (Phi) is 4.27. The number of para-hydroxylation sites is 2. The van der Waals surface area contributed by atoms with E-state index in [9.17, 15) is 4.79 Å². The lowest BCUT2D eigenvalue weighted by Crippen LogP contribution is -2.43. The number of rotatable bonds is 3. The van der Waals surface area contributed by atoms with Crippen LogP contribution < -0.4 is 15.0 Å². The summed E-state index contributed by atoms with van der Waals surface area (Å²) < 4.78 is 5.53. The first-order valence-corrected chi connectivity index (χ1v) is 8.64. The number of hydrogen-bond donors (Lipinski definition) is 1. The number of nitrogens with zero attached hydrogens (tertiary/aromatic N) is 1. The summed E-state index contributed by atoms with van der Waals surface area (Å²) in [4.78, 5) is 15.0. The molecule has 1 amide bonds. The largest absolute Gasteiger partial charge is 0.496 e. The van der Waals surface area contributed by atoms with Crippen LogP contribution in [0.15, 0.2) is 72.8 Å². The summed E-state index contributed by atoms with van der Waals surface area (Å²) in [6, 6.07) is 22.5. The molecule has 4 rings (SSSR count). The number of benzene rings is 3. The van der Waals surface area contributed by atoms with Gasteiger partial charge in [-0.15, -0.1) is 0 Å². The van der Waals surface area contributed by atoms with Gasteiger partial charge in [0.25, 0.3) is 5.91 Å². The van der Waals surface area contributed by atoms with Crippen molar-refractivity contribution in [1.82, 2.24) is 0 Å². The number of methoxy groups -OCH3 is 1. The van der Waals surface area contributed by atoms with E-state index in [1.807, 2.05) is 60.7 Å². The highest BCUT2D eigenvalue weighted by Crippen LogP contribution is 2.39. The SMILES string of the molecule is COc1ccccc1[C@H]1Nc2ccccc2C(=O)N1c1ccc(Cl)cc1. The van der Waals surface area contributed by atoms with E-state index < -0.39 is 6.17 Å². The molecule has 1 aliphatic rings. The second-order valence-electron chi connectivity index (χ2n) is 5.99. The molecule has 1 N–H and O–H groups in total. The predicted octanol–water partition coefficient (Wildman–Crippen LogP) is 5.12. The van der Waals surface area contributed by atoms with Crippen LogP contribution in [0.4, 0.5) is 11.4 Å². The number of amides is 1. The Balaban J connectivity index is 1.89. The van der Waals surface area contributed by atoms with Gasteiger partial charge < -0.3 is 10.1 Å². The molecule has 0 unspecified atom stereocenters. The van der Waals surface area contributed by atoms with Crippen molar-refractivity contribution >= 4 is 28.9 Å². The molecule has 0 aliphatic carbocycles. The third-order valence-electron chi connectivity index (χ3n) is 4.47. The lowest BCUT2D eigenvalue weighted by Gasteiger charge is -2.38. The molecule has 0 radical (unpaired) electrons. The Morgan fingerprint density at radius 3 is 2.42 bits per heavy atom. The van der Waals surface area contributed by atoms with Crippen molar-refractivity contribution in [3.05, 3.63) is 88.9 Å². The molecule has 3 aromatic rings. The Bertz CT molecular complexity index is 956. The number of carbonyl (C=O) groups is 1. The van der Waals surface area contributed by atoms with E-state index >= 15 is 0 Å². The van der Waals surface area contributed by atoms with E-state index in [1.165, 1.54) is 0 Å². The molecule has 1 atom stereocenters. The van der Waals surface area contributed by atoms with E-state index in [0.29, 0.717) is 10.6 Å². The molecule has 0 aromatic heterocycles. The van der Waals surface area contributed by atoms with Crippen molar-refractivity contribution in [2.24, 2.45) is 0 Å². The van der Waals surface area contributed by atoms with Gasteiger partial charge in [-0.25, -0.2) is 0 Å². The van der Waals surface area contributed by atoms with Gasteiger partial charge in [-0.05, 0) is 42.5 Å². The summed E-state index contributed by atoms with van der Waals surface area (Å²) in [5.41, 5.74) is 3.08. The van der Waals surface area contributed by atoms with Gasteiger partial charge in [0.2, 0.25) is 0 Å². The second-order valence-corrected chi connectivity index (χ2v) is 6.42. The molecular formula is C21H17ClN2O2. The van der Waals surface area contributed by atoms with Crippen molar-refractivity contribution in [2.75, 3.05) is 17.3 Å². The van der Waals surface area contributed by atoms with Crippen LogP contribution >= 0.6 is 11.6 Å². The minimum absolute atomic E-state index is 0.0717. The van der Waals surface area contributed by atoms with Crippen LogP contribution in [0.2, 0.25) is 5.02 Å². The summed E-state index contributed by atoms with van der Waals surface area (Å²) in [5, 5.41) is 4.10. The molecule has 5 heteroatoms. The molecule has 3 aromatic carbocycles. The monoisotopic (exact) mass is 364 g/mol. The lowest BCUT2D eigenvalue weighted by atomic mass is 10.0. The second kappa shape index (κ2) is 6.73. The van der Waals surface area contributed by atoms with Crippen LogP contribution in [-0.4, -0.2) is 13.0 Å². The fraction of sp³-hybridized carbons (Fsp3) is 0.0952. The molecular weight excluding hydrogens is 348 g/mol. The summed E-state index contributed by atoms with van der Waals surface area (Å²) in [6.07, 6.45) is -0.394. The molecule has 0 saturated heterocycles. The maximum atomic E-state index is 13.3. The third kappa shape index (κ3) is 2.78. The van der Waals surface area contributed by atoms with E-state index in [2.05, 4.69) is 5.32 Å². The molecule has 1 heterocycles. The van der Waals surface area contributed by atoms with E-state index in [1.54, 1.807) is 24.1 Å². The zero-order valence-electron chi connectivity index (χ0n) is 14.1. The van der Waals surface area contributed by atoms with Gasteiger partial charge >= 0.3 is 0 Å². The van der Waals surface area contributed by atoms with Gasteiger partial charge in [0.1, 0.15) is 11.9 Å². The molecule has 0 fully saturated rings. The van der Waals surface area contributed by atoms with Crippen molar-refractivity contribution < 1.29 is 9.53 Å². The Morgan fingerprint density at radius 1 is 0.962 bits per heavy atom. The van der Waals surface area contributed by atoms with Gasteiger partial charge in [0.05, 0.1) is 12.7 Å². The molecule has 4 nitrogen and oxygen atoms in total. The average molecular weight is 365 g/mol. The topological polar surface area (TPSA) is 41.6 Å². The Morgan fingerprint density at radius 2 is 1.65 bits per heavy atom. The van der Waals surface area contributed by atoms with E-state index in [4.69, 9.17) is 16.3 Å². The quantitative estimate of drug-likeness (QED) is 0.701. The van der Waals surface area contributed by atoms with Gasteiger partial charge in [-0.3, -0.25) is 9.69 Å². The van der Waals surface area contributed by atoms with Crippen LogP contribution in [0.5, 0.6) is 5.75 Å².